The molecule has 0 unspecified atom stereocenters. The van der Waals surface area contributed by atoms with E-state index in [1.165, 1.54) is 6.20 Å². The molecule has 0 spiro atoms. The van der Waals surface area contributed by atoms with Crippen LogP contribution in [0.4, 0.5) is 11.4 Å². The van der Waals surface area contributed by atoms with Gasteiger partial charge in [0.15, 0.2) is 0 Å². The summed E-state index contributed by atoms with van der Waals surface area (Å²) in [6.07, 6.45) is 3.16. The molecular formula is C14H15ClN4O. The lowest BCUT2D eigenvalue weighted by atomic mass is 10.2. The van der Waals surface area contributed by atoms with Gasteiger partial charge in [-0.15, -0.1) is 0 Å². The molecule has 1 aromatic carbocycles. The van der Waals surface area contributed by atoms with E-state index in [0.717, 1.165) is 11.3 Å². The summed E-state index contributed by atoms with van der Waals surface area (Å²) >= 11 is 6.12. The summed E-state index contributed by atoms with van der Waals surface area (Å²) in [5, 5.41) is 0.476. The summed E-state index contributed by atoms with van der Waals surface area (Å²) in [6, 6.07) is 9.18. The number of nitrogen functional groups attached to an aromatic ring is 1. The van der Waals surface area contributed by atoms with Crippen LogP contribution in [0, 0.1) is 0 Å². The van der Waals surface area contributed by atoms with Crippen LogP contribution in [0.5, 0.6) is 0 Å². The minimum Gasteiger partial charge on any atom is -0.399 e. The summed E-state index contributed by atoms with van der Waals surface area (Å²) < 4.78 is 0. The van der Waals surface area contributed by atoms with Crippen LogP contribution in [0.3, 0.4) is 0 Å². The second kappa shape index (κ2) is 6.25. The summed E-state index contributed by atoms with van der Waals surface area (Å²) in [4.78, 5) is 17.0. The van der Waals surface area contributed by atoms with E-state index in [0.29, 0.717) is 17.3 Å². The minimum atomic E-state index is -0.423. The molecule has 0 atom stereocenters. The Morgan fingerprint density at radius 1 is 1.25 bits per heavy atom. The van der Waals surface area contributed by atoms with Crippen molar-refractivity contribution >= 4 is 28.9 Å². The predicted octanol–water partition coefficient (Wildman–Crippen LogP) is 1.81. The van der Waals surface area contributed by atoms with Crippen LogP contribution in [0.25, 0.3) is 0 Å². The summed E-state index contributed by atoms with van der Waals surface area (Å²) in [6.45, 7) is 0.584. The van der Waals surface area contributed by atoms with Crippen LogP contribution in [0.2, 0.25) is 5.02 Å². The van der Waals surface area contributed by atoms with Crippen LogP contribution < -0.4 is 16.4 Å². The van der Waals surface area contributed by atoms with E-state index in [2.05, 4.69) is 4.98 Å². The maximum absolute atomic E-state index is 11.2. The van der Waals surface area contributed by atoms with Crippen LogP contribution in [0.1, 0.15) is 5.56 Å². The highest BCUT2D eigenvalue weighted by Gasteiger charge is 2.13. The summed E-state index contributed by atoms with van der Waals surface area (Å²) in [7, 11) is 0. The van der Waals surface area contributed by atoms with E-state index >= 15 is 0 Å². The lowest BCUT2D eigenvalue weighted by Crippen LogP contribution is -2.33. The van der Waals surface area contributed by atoms with Crippen LogP contribution >= 0.6 is 11.6 Å². The average molecular weight is 291 g/mol. The van der Waals surface area contributed by atoms with Gasteiger partial charge >= 0.3 is 0 Å². The number of halogens is 1. The van der Waals surface area contributed by atoms with Gasteiger partial charge < -0.3 is 16.4 Å². The number of hydrogen-bond acceptors (Lipinski definition) is 4. The number of amides is 1. The second-order valence-electron chi connectivity index (χ2n) is 4.39. The maximum atomic E-state index is 11.2. The Morgan fingerprint density at radius 2 is 1.95 bits per heavy atom. The number of aromatic nitrogens is 1. The van der Waals surface area contributed by atoms with Crippen LogP contribution in [-0.4, -0.2) is 17.4 Å². The molecule has 0 aliphatic heterocycles. The molecular weight excluding hydrogens is 276 g/mol. The largest absolute Gasteiger partial charge is 0.399 e. The van der Waals surface area contributed by atoms with Crippen molar-refractivity contribution in [2.24, 2.45) is 5.73 Å². The van der Waals surface area contributed by atoms with Gasteiger partial charge in [0.25, 0.3) is 0 Å². The third kappa shape index (κ3) is 3.61. The highest BCUT2D eigenvalue weighted by molar-refractivity contribution is 6.33. The molecule has 0 fully saturated rings. The van der Waals surface area contributed by atoms with Crippen molar-refractivity contribution in [2.45, 2.75) is 6.54 Å². The third-order valence-electron chi connectivity index (χ3n) is 2.79. The molecule has 1 heterocycles. The second-order valence-corrected chi connectivity index (χ2v) is 4.80. The molecule has 5 nitrogen and oxygen atoms in total. The number of primary amides is 1. The Bertz CT molecular complexity index is 600. The highest BCUT2D eigenvalue weighted by atomic mass is 35.5. The molecule has 0 aliphatic carbocycles. The van der Waals surface area contributed by atoms with E-state index < -0.39 is 5.91 Å². The van der Waals surface area contributed by atoms with E-state index in [-0.39, 0.29) is 6.54 Å². The molecule has 104 valence electrons. The van der Waals surface area contributed by atoms with Crippen molar-refractivity contribution in [3.05, 3.63) is 53.3 Å². The lowest BCUT2D eigenvalue weighted by Gasteiger charge is -2.24. The van der Waals surface area contributed by atoms with Gasteiger partial charge in [-0.1, -0.05) is 23.7 Å². The van der Waals surface area contributed by atoms with Gasteiger partial charge in [-0.05, 0) is 23.8 Å². The van der Waals surface area contributed by atoms with Gasteiger partial charge in [0.2, 0.25) is 5.91 Å². The standard InChI is InChI=1S/C14H15ClN4O/c15-12-7-18-6-5-13(12)19(9-14(17)20)8-10-1-3-11(16)4-2-10/h1-7H,8-9,16H2,(H2,17,20). The first-order chi connectivity index (χ1) is 9.56. The Hall–Kier alpha value is -2.27. The van der Waals surface area contributed by atoms with Crippen molar-refractivity contribution in [3.8, 4) is 0 Å². The smallest absolute Gasteiger partial charge is 0.236 e. The molecule has 0 aliphatic rings. The zero-order valence-corrected chi connectivity index (χ0v) is 11.5. The molecule has 6 heteroatoms. The van der Waals surface area contributed by atoms with Gasteiger partial charge in [-0.2, -0.15) is 0 Å². The number of benzene rings is 1. The first-order valence-corrected chi connectivity index (χ1v) is 6.41. The third-order valence-corrected chi connectivity index (χ3v) is 3.08. The Kier molecular flexibility index (Phi) is 4.42. The summed E-state index contributed by atoms with van der Waals surface area (Å²) in [5.74, 6) is -0.423. The Balaban J connectivity index is 2.26. The summed E-state index contributed by atoms with van der Waals surface area (Å²) in [5.41, 5.74) is 13.4. The fourth-order valence-electron chi connectivity index (χ4n) is 1.88. The highest BCUT2D eigenvalue weighted by Crippen LogP contribution is 2.25. The molecule has 1 aromatic heterocycles. The monoisotopic (exact) mass is 290 g/mol. The van der Waals surface area contributed by atoms with E-state index in [4.69, 9.17) is 23.1 Å². The molecule has 0 bridgehead atoms. The SMILES string of the molecule is NC(=O)CN(Cc1ccc(N)cc1)c1ccncc1Cl. The zero-order chi connectivity index (χ0) is 14.5. The minimum absolute atomic E-state index is 0.0775. The van der Waals surface area contributed by atoms with Gasteiger partial charge in [-0.25, -0.2) is 0 Å². The van der Waals surface area contributed by atoms with Crippen molar-refractivity contribution in [1.82, 2.24) is 4.98 Å². The number of nitrogens with two attached hydrogens (primary N) is 2. The Labute approximate surface area is 122 Å². The maximum Gasteiger partial charge on any atom is 0.236 e. The number of nitrogens with zero attached hydrogens (tertiary/aromatic N) is 2. The van der Waals surface area contributed by atoms with E-state index in [1.807, 2.05) is 24.3 Å². The molecule has 4 N–H and O–H groups in total. The van der Waals surface area contributed by atoms with Crippen LogP contribution in [0.15, 0.2) is 42.7 Å². The topological polar surface area (TPSA) is 85.2 Å². The first kappa shape index (κ1) is 14.1. The number of carbonyl (C=O) groups is 1. The van der Waals surface area contributed by atoms with Gasteiger partial charge in [0, 0.05) is 24.6 Å². The molecule has 0 saturated heterocycles. The van der Waals surface area contributed by atoms with E-state index in [9.17, 15) is 4.79 Å². The van der Waals surface area contributed by atoms with Gasteiger partial charge in [-0.3, -0.25) is 9.78 Å². The van der Waals surface area contributed by atoms with Crippen molar-refractivity contribution < 1.29 is 4.79 Å². The number of pyridine rings is 1. The Morgan fingerprint density at radius 3 is 2.55 bits per heavy atom. The molecule has 0 radical (unpaired) electrons. The number of rotatable bonds is 5. The fourth-order valence-corrected chi connectivity index (χ4v) is 2.12. The number of hydrogen-bond donors (Lipinski definition) is 2. The number of anilines is 2. The molecule has 1 amide bonds. The van der Waals surface area contributed by atoms with Gasteiger partial charge in [0.05, 0.1) is 17.3 Å². The predicted molar refractivity (Wildman–Crippen MR) is 80.3 cm³/mol. The lowest BCUT2D eigenvalue weighted by molar-refractivity contribution is -0.116. The van der Waals surface area contributed by atoms with Crippen molar-refractivity contribution in [3.63, 3.8) is 0 Å². The average Bonchev–Trinajstić information content (AvgIpc) is 2.41. The van der Waals surface area contributed by atoms with Crippen molar-refractivity contribution in [2.75, 3.05) is 17.2 Å². The van der Waals surface area contributed by atoms with Crippen LogP contribution in [-0.2, 0) is 11.3 Å². The number of carbonyl (C=O) groups excluding carboxylic acids is 1. The zero-order valence-electron chi connectivity index (χ0n) is 10.8. The molecule has 2 rings (SSSR count). The quantitative estimate of drug-likeness (QED) is 0.822. The molecule has 2 aromatic rings. The van der Waals surface area contributed by atoms with Gasteiger partial charge in [0.1, 0.15) is 0 Å². The van der Waals surface area contributed by atoms with Crippen molar-refractivity contribution in [1.29, 1.82) is 0 Å². The van der Waals surface area contributed by atoms with E-state index in [1.54, 1.807) is 17.2 Å². The fraction of sp³-hybridized carbons (Fsp3) is 0.143. The molecule has 0 saturated carbocycles. The first-order valence-electron chi connectivity index (χ1n) is 6.03. The normalized spacial score (nSPS) is 10.2. The molecule has 20 heavy (non-hydrogen) atoms.